The second-order valence-electron chi connectivity index (χ2n) is 5.02. The van der Waals surface area contributed by atoms with Gasteiger partial charge in [0, 0.05) is 18.3 Å². The molecule has 2 N–H and O–H groups in total. The van der Waals surface area contributed by atoms with Crippen molar-refractivity contribution < 1.29 is 14.3 Å². The molecule has 19 heavy (non-hydrogen) atoms. The van der Waals surface area contributed by atoms with Gasteiger partial charge < -0.3 is 20.1 Å². The molecule has 1 fully saturated rings. The van der Waals surface area contributed by atoms with Gasteiger partial charge in [0.1, 0.15) is 0 Å². The van der Waals surface area contributed by atoms with E-state index in [0.29, 0.717) is 18.8 Å². The van der Waals surface area contributed by atoms with E-state index in [1.54, 1.807) is 19.2 Å². The van der Waals surface area contributed by atoms with Crippen molar-refractivity contribution in [2.24, 2.45) is 0 Å². The first-order chi connectivity index (χ1) is 9.00. The van der Waals surface area contributed by atoms with Gasteiger partial charge >= 0.3 is 0 Å². The highest BCUT2D eigenvalue weighted by Gasteiger charge is 2.28. The molecule has 1 aliphatic heterocycles. The summed E-state index contributed by atoms with van der Waals surface area (Å²) in [5, 5.41) is 5.91. The van der Waals surface area contributed by atoms with Gasteiger partial charge in [-0.05, 0) is 38.1 Å². The highest BCUT2D eigenvalue weighted by atomic mass is 16.7. The average Bonchev–Trinajstić information content (AvgIpc) is 2.41. The van der Waals surface area contributed by atoms with Crippen molar-refractivity contribution in [2.75, 3.05) is 25.6 Å². The van der Waals surface area contributed by atoms with Gasteiger partial charge in [-0.15, -0.1) is 0 Å². The number of nitrogens with one attached hydrogen (secondary N) is 2. The predicted molar refractivity (Wildman–Crippen MR) is 73.2 cm³/mol. The molecule has 0 unspecified atom stereocenters. The second kappa shape index (κ2) is 5.59. The van der Waals surface area contributed by atoms with E-state index < -0.39 is 5.79 Å². The summed E-state index contributed by atoms with van der Waals surface area (Å²) in [4.78, 5) is 11.4. The van der Waals surface area contributed by atoms with Crippen LogP contribution in [-0.2, 0) is 9.47 Å². The number of rotatable bonds is 3. The molecule has 0 bridgehead atoms. The van der Waals surface area contributed by atoms with Crippen molar-refractivity contribution in [1.82, 2.24) is 5.32 Å². The number of ether oxygens (including phenoxy) is 2. The topological polar surface area (TPSA) is 59.6 Å². The van der Waals surface area contributed by atoms with Gasteiger partial charge in [-0.1, -0.05) is 0 Å². The fourth-order valence-electron chi connectivity index (χ4n) is 1.87. The van der Waals surface area contributed by atoms with E-state index in [1.807, 2.05) is 26.0 Å². The maximum Gasteiger partial charge on any atom is 0.251 e. The zero-order chi connectivity index (χ0) is 13.9. The third kappa shape index (κ3) is 3.68. The van der Waals surface area contributed by atoms with Crippen molar-refractivity contribution in [3.8, 4) is 0 Å². The molecule has 0 aromatic heterocycles. The van der Waals surface area contributed by atoms with Gasteiger partial charge in [0.05, 0.1) is 19.3 Å². The molecule has 1 aromatic rings. The first kappa shape index (κ1) is 13.8. The Morgan fingerprint density at radius 2 is 1.79 bits per heavy atom. The first-order valence-electron chi connectivity index (χ1n) is 6.37. The quantitative estimate of drug-likeness (QED) is 0.870. The highest BCUT2D eigenvalue weighted by Crippen LogP contribution is 2.19. The SMILES string of the molecule is CNC(=O)c1ccc(NC2COC(C)(C)OC2)cc1. The molecule has 1 aliphatic rings. The Kier molecular flexibility index (Phi) is 4.07. The van der Waals surface area contributed by atoms with Crippen LogP contribution in [0.3, 0.4) is 0 Å². The molecule has 5 nitrogen and oxygen atoms in total. The Labute approximate surface area is 113 Å². The minimum Gasteiger partial charge on any atom is -0.378 e. The molecule has 0 aliphatic carbocycles. The van der Waals surface area contributed by atoms with E-state index in [0.717, 1.165) is 5.69 Å². The highest BCUT2D eigenvalue weighted by molar-refractivity contribution is 5.94. The largest absolute Gasteiger partial charge is 0.378 e. The van der Waals surface area contributed by atoms with Crippen LogP contribution in [0.15, 0.2) is 24.3 Å². The minimum atomic E-state index is -0.499. The third-order valence-electron chi connectivity index (χ3n) is 3.01. The standard InChI is InChI=1S/C14H20N2O3/c1-14(2)18-8-12(9-19-14)16-11-6-4-10(5-7-11)13(17)15-3/h4-7,12,16H,8-9H2,1-3H3,(H,15,17). The molecule has 0 spiro atoms. The van der Waals surface area contributed by atoms with Gasteiger partial charge in [-0.2, -0.15) is 0 Å². The van der Waals surface area contributed by atoms with Crippen molar-refractivity contribution in [3.63, 3.8) is 0 Å². The molecule has 104 valence electrons. The predicted octanol–water partition coefficient (Wildman–Crippen LogP) is 1.61. The molecule has 0 radical (unpaired) electrons. The Hall–Kier alpha value is -1.59. The molecule has 1 saturated heterocycles. The fourth-order valence-corrected chi connectivity index (χ4v) is 1.87. The van der Waals surface area contributed by atoms with E-state index in [-0.39, 0.29) is 11.9 Å². The van der Waals surface area contributed by atoms with Crippen molar-refractivity contribution in [1.29, 1.82) is 0 Å². The number of carbonyl (C=O) groups is 1. The summed E-state index contributed by atoms with van der Waals surface area (Å²) >= 11 is 0. The van der Waals surface area contributed by atoms with E-state index in [1.165, 1.54) is 0 Å². The summed E-state index contributed by atoms with van der Waals surface area (Å²) < 4.78 is 11.2. The van der Waals surface area contributed by atoms with E-state index in [9.17, 15) is 4.79 Å². The summed E-state index contributed by atoms with van der Waals surface area (Å²) in [5.41, 5.74) is 1.59. The number of anilines is 1. The summed E-state index contributed by atoms with van der Waals surface area (Å²) in [6.45, 7) is 5.01. The lowest BCUT2D eigenvalue weighted by Crippen LogP contribution is -2.45. The molecule has 1 heterocycles. The molecule has 1 amide bonds. The summed E-state index contributed by atoms with van der Waals surface area (Å²) in [7, 11) is 1.62. The van der Waals surface area contributed by atoms with E-state index in [2.05, 4.69) is 10.6 Å². The van der Waals surface area contributed by atoms with Gasteiger partial charge in [-0.3, -0.25) is 4.79 Å². The lowest BCUT2D eigenvalue weighted by molar-refractivity contribution is -0.247. The molecule has 5 heteroatoms. The second-order valence-corrected chi connectivity index (χ2v) is 5.02. The minimum absolute atomic E-state index is 0.0855. The average molecular weight is 264 g/mol. The maximum absolute atomic E-state index is 11.4. The fraction of sp³-hybridized carbons (Fsp3) is 0.500. The van der Waals surface area contributed by atoms with Crippen molar-refractivity contribution in [3.05, 3.63) is 29.8 Å². The van der Waals surface area contributed by atoms with Crippen LogP contribution < -0.4 is 10.6 Å². The van der Waals surface area contributed by atoms with Crippen LogP contribution in [-0.4, -0.2) is 38.0 Å². The van der Waals surface area contributed by atoms with Crippen LogP contribution in [0.1, 0.15) is 24.2 Å². The van der Waals surface area contributed by atoms with Crippen LogP contribution in [0.2, 0.25) is 0 Å². The third-order valence-corrected chi connectivity index (χ3v) is 3.01. The zero-order valence-corrected chi connectivity index (χ0v) is 11.5. The van der Waals surface area contributed by atoms with Crippen LogP contribution in [0, 0.1) is 0 Å². The zero-order valence-electron chi connectivity index (χ0n) is 11.5. The Balaban J connectivity index is 1.92. The van der Waals surface area contributed by atoms with E-state index >= 15 is 0 Å². The maximum atomic E-state index is 11.4. The number of carbonyl (C=O) groups excluding carboxylic acids is 1. The van der Waals surface area contributed by atoms with E-state index in [4.69, 9.17) is 9.47 Å². The van der Waals surface area contributed by atoms with Gasteiger partial charge in [-0.25, -0.2) is 0 Å². The lowest BCUT2D eigenvalue weighted by Gasteiger charge is -2.35. The molecular formula is C14H20N2O3. The lowest BCUT2D eigenvalue weighted by atomic mass is 10.2. The molecule has 0 atom stereocenters. The number of hydrogen-bond donors (Lipinski definition) is 2. The van der Waals surface area contributed by atoms with Gasteiger partial charge in [0.2, 0.25) is 0 Å². The van der Waals surface area contributed by atoms with Crippen molar-refractivity contribution in [2.45, 2.75) is 25.7 Å². The monoisotopic (exact) mass is 264 g/mol. The van der Waals surface area contributed by atoms with Gasteiger partial charge in [0.25, 0.3) is 5.91 Å². The summed E-state index contributed by atoms with van der Waals surface area (Å²) in [6.07, 6.45) is 0. The van der Waals surface area contributed by atoms with Gasteiger partial charge in [0.15, 0.2) is 5.79 Å². The van der Waals surface area contributed by atoms with Crippen LogP contribution in [0.4, 0.5) is 5.69 Å². The van der Waals surface area contributed by atoms with Crippen LogP contribution in [0.25, 0.3) is 0 Å². The summed E-state index contributed by atoms with van der Waals surface area (Å²) in [5.74, 6) is -0.584. The molecular weight excluding hydrogens is 244 g/mol. The summed E-state index contributed by atoms with van der Waals surface area (Å²) in [6, 6.07) is 7.46. The Morgan fingerprint density at radius 3 is 2.32 bits per heavy atom. The van der Waals surface area contributed by atoms with Crippen molar-refractivity contribution >= 4 is 11.6 Å². The van der Waals surface area contributed by atoms with Crippen LogP contribution in [0.5, 0.6) is 0 Å². The molecule has 1 aromatic carbocycles. The molecule has 0 saturated carbocycles. The first-order valence-corrected chi connectivity index (χ1v) is 6.37. The normalized spacial score (nSPS) is 18.9. The Morgan fingerprint density at radius 1 is 1.21 bits per heavy atom. The molecule has 2 rings (SSSR count). The Bertz CT molecular complexity index is 433. The smallest absolute Gasteiger partial charge is 0.251 e. The number of amides is 1. The number of hydrogen-bond acceptors (Lipinski definition) is 4. The van der Waals surface area contributed by atoms with Crippen LogP contribution >= 0.6 is 0 Å². The number of benzene rings is 1.